The average Bonchev–Trinajstić information content (AvgIpc) is 3.08. The minimum Gasteiger partial charge on any atom is -0.384 e. The SMILES string of the molecule is COCC1(COC)CC2=Cc3c(c4ccccc4c4ccccc34)C(C)(C)[C@@H]2C1. The molecule has 0 aliphatic heterocycles. The van der Waals surface area contributed by atoms with Crippen molar-refractivity contribution in [2.75, 3.05) is 27.4 Å². The lowest BCUT2D eigenvalue weighted by Crippen LogP contribution is -2.34. The summed E-state index contributed by atoms with van der Waals surface area (Å²) in [6.07, 6.45) is 4.69. The molecule has 3 aromatic carbocycles. The Balaban J connectivity index is 1.80. The molecule has 2 aliphatic rings. The fourth-order valence-electron chi connectivity index (χ4n) is 6.31. The molecule has 1 fully saturated rings. The smallest absolute Gasteiger partial charge is 0.0544 e. The van der Waals surface area contributed by atoms with Crippen molar-refractivity contribution in [1.29, 1.82) is 0 Å². The van der Waals surface area contributed by atoms with Crippen LogP contribution in [0.25, 0.3) is 27.6 Å². The van der Waals surface area contributed by atoms with Gasteiger partial charge in [-0.3, -0.25) is 0 Å². The summed E-state index contributed by atoms with van der Waals surface area (Å²) in [5.74, 6) is 0.518. The van der Waals surface area contributed by atoms with Crippen LogP contribution in [-0.4, -0.2) is 27.4 Å². The maximum absolute atomic E-state index is 5.67. The normalized spacial score (nSPS) is 21.8. The molecule has 0 N–H and O–H groups in total. The Bertz CT molecular complexity index is 1120. The number of fused-ring (bicyclic) bond motifs is 7. The molecular formula is C27H30O2. The number of hydrogen-bond donors (Lipinski definition) is 0. The summed E-state index contributed by atoms with van der Waals surface area (Å²) in [5, 5.41) is 5.49. The standard InChI is InChI=1S/C27H30O2/c1-26(2)24-15-27(16-28-3,17-29-4)14-18(24)13-23-21-11-6-5-9-19(21)20-10-7-8-12-22(20)25(23)26/h5-13,24H,14-17H2,1-4H3/t24-/m1/s1. The lowest BCUT2D eigenvalue weighted by molar-refractivity contribution is 0.0105. The van der Waals surface area contributed by atoms with Crippen LogP contribution in [0.5, 0.6) is 0 Å². The van der Waals surface area contributed by atoms with E-state index in [1.807, 2.05) is 14.2 Å². The molecule has 2 heteroatoms. The van der Waals surface area contributed by atoms with Crippen molar-refractivity contribution in [2.45, 2.75) is 32.1 Å². The van der Waals surface area contributed by atoms with E-state index < -0.39 is 0 Å². The maximum atomic E-state index is 5.67. The van der Waals surface area contributed by atoms with Crippen LogP contribution < -0.4 is 0 Å². The number of ether oxygens (including phenoxy) is 2. The third-order valence-electron chi connectivity index (χ3n) is 7.38. The van der Waals surface area contributed by atoms with Crippen LogP contribution in [0.4, 0.5) is 0 Å². The first kappa shape index (κ1) is 18.8. The number of benzene rings is 3. The fourth-order valence-corrected chi connectivity index (χ4v) is 6.31. The number of methoxy groups -OCH3 is 2. The summed E-state index contributed by atoms with van der Waals surface area (Å²) in [5.41, 5.74) is 4.63. The Kier molecular flexibility index (Phi) is 4.34. The van der Waals surface area contributed by atoms with E-state index in [2.05, 4.69) is 68.5 Å². The van der Waals surface area contributed by atoms with Crippen molar-refractivity contribution in [1.82, 2.24) is 0 Å². The Morgan fingerprint density at radius 2 is 1.38 bits per heavy atom. The zero-order valence-electron chi connectivity index (χ0n) is 17.9. The highest BCUT2D eigenvalue weighted by Gasteiger charge is 2.50. The maximum Gasteiger partial charge on any atom is 0.0544 e. The topological polar surface area (TPSA) is 18.5 Å². The second-order valence-electron chi connectivity index (χ2n) is 9.62. The predicted octanol–water partition coefficient (Wildman–Crippen LogP) is 6.36. The zero-order valence-corrected chi connectivity index (χ0v) is 17.9. The Labute approximate surface area is 173 Å². The number of hydrogen-bond acceptors (Lipinski definition) is 2. The molecule has 0 unspecified atom stereocenters. The van der Waals surface area contributed by atoms with Gasteiger partial charge in [0.2, 0.25) is 0 Å². The summed E-state index contributed by atoms with van der Waals surface area (Å²) >= 11 is 0. The first-order valence-corrected chi connectivity index (χ1v) is 10.6. The lowest BCUT2D eigenvalue weighted by Gasteiger charge is -2.40. The van der Waals surface area contributed by atoms with E-state index in [0.29, 0.717) is 5.92 Å². The van der Waals surface area contributed by atoms with Crippen LogP contribution in [0.2, 0.25) is 0 Å². The Morgan fingerprint density at radius 3 is 2.00 bits per heavy atom. The number of allylic oxidation sites excluding steroid dienone is 1. The molecule has 0 saturated heterocycles. The lowest BCUT2D eigenvalue weighted by atomic mass is 9.64. The molecule has 0 heterocycles. The van der Waals surface area contributed by atoms with Gasteiger partial charge >= 0.3 is 0 Å². The van der Waals surface area contributed by atoms with Gasteiger partial charge in [-0.05, 0) is 56.8 Å². The molecule has 0 amide bonds. The highest BCUT2D eigenvalue weighted by Crippen LogP contribution is 2.58. The van der Waals surface area contributed by atoms with Crippen LogP contribution in [0.1, 0.15) is 37.8 Å². The van der Waals surface area contributed by atoms with Crippen LogP contribution in [0, 0.1) is 11.3 Å². The molecule has 1 saturated carbocycles. The molecule has 5 rings (SSSR count). The largest absolute Gasteiger partial charge is 0.384 e. The third kappa shape index (κ3) is 2.69. The predicted molar refractivity (Wildman–Crippen MR) is 121 cm³/mol. The van der Waals surface area contributed by atoms with Crippen molar-refractivity contribution < 1.29 is 9.47 Å². The van der Waals surface area contributed by atoms with E-state index in [4.69, 9.17) is 9.47 Å². The highest BCUT2D eigenvalue weighted by molar-refractivity contribution is 6.13. The molecule has 2 aliphatic carbocycles. The van der Waals surface area contributed by atoms with Crippen LogP contribution >= 0.6 is 0 Å². The minimum absolute atomic E-state index is 0.0618. The van der Waals surface area contributed by atoms with E-state index in [9.17, 15) is 0 Å². The molecule has 0 radical (unpaired) electrons. The van der Waals surface area contributed by atoms with Gasteiger partial charge in [0.05, 0.1) is 13.2 Å². The second-order valence-corrected chi connectivity index (χ2v) is 9.62. The van der Waals surface area contributed by atoms with Gasteiger partial charge in [-0.2, -0.15) is 0 Å². The van der Waals surface area contributed by atoms with E-state index in [0.717, 1.165) is 26.1 Å². The third-order valence-corrected chi connectivity index (χ3v) is 7.38. The van der Waals surface area contributed by atoms with Gasteiger partial charge in [0.1, 0.15) is 0 Å². The quantitative estimate of drug-likeness (QED) is 0.486. The Hall–Kier alpha value is -2.16. The summed E-state index contributed by atoms with van der Waals surface area (Å²) in [7, 11) is 3.63. The first-order valence-electron chi connectivity index (χ1n) is 10.6. The monoisotopic (exact) mass is 386 g/mol. The van der Waals surface area contributed by atoms with E-state index in [1.54, 1.807) is 5.57 Å². The van der Waals surface area contributed by atoms with Crippen LogP contribution in [0.15, 0.2) is 54.1 Å². The van der Waals surface area contributed by atoms with Gasteiger partial charge in [0, 0.05) is 19.6 Å². The van der Waals surface area contributed by atoms with E-state index in [1.165, 1.54) is 32.7 Å². The number of rotatable bonds is 4. The van der Waals surface area contributed by atoms with Crippen molar-refractivity contribution >= 4 is 27.6 Å². The molecule has 0 aromatic heterocycles. The average molecular weight is 387 g/mol. The van der Waals surface area contributed by atoms with Crippen molar-refractivity contribution in [3.63, 3.8) is 0 Å². The Morgan fingerprint density at radius 1 is 0.828 bits per heavy atom. The molecule has 1 atom stereocenters. The summed E-state index contributed by atoms with van der Waals surface area (Å²) in [6, 6.07) is 17.8. The summed E-state index contributed by atoms with van der Waals surface area (Å²) in [6.45, 7) is 6.39. The van der Waals surface area contributed by atoms with Crippen molar-refractivity contribution in [2.24, 2.45) is 11.3 Å². The van der Waals surface area contributed by atoms with E-state index >= 15 is 0 Å². The summed E-state index contributed by atoms with van der Waals surface area (Å²) in [4.78, 5) is 0. The fraction of sp³-hybridized carbons (Fsp3) is 0.407. The summed E-state index contributed by atoms with van der Waals surface area (Å²) < 4.78 is 11.3. The molecule has 3 aromatic rings. The van der Waals surface area contributed by atoms with Crippen LogP contribution in [0.3, 0.4) is 0 Å². The van der Waals surface area contributed by atoms with Gasteiger partial charge in [-0.1, -0.05) is 74.0 Å². The zero-order chi connectivity index (χ0) is 20.2. The minimum atomic E-state index is 0.0618. The molecular weight excluding hydrogens is 356 g/mol. The second kappa shape index (κ2) is 6.68. The van der Waals surface area contributed by atoms with Crippen molar-refractivity contribution in [3.05, 3.63) is 65.2 Å². The van der Waals surface area contributed by atoms with Gasteiger partial charge in [0.25, 0.3) is 0 Å². The van der Waals surface area contributed by atoms with Gasteiger partial charge in [-0.25, -0.2) is 0 Å². The first-order chi connectivity index (χ1) is 14.0. The molecule has 29 heavy (non-hydrogen) atoms. The molecule has 150 valence electrons. The molecule has 0 bridgehead atoms. The molecule has 0 spiro atoms. The van der Waals surface area contributed by atoms with E-state index in [-0.39, 0.29) is 10.8 Å². The van der Waals surface area contributed by atoms with Crippen LogP contribution in [-0.2, 0) is 14.9 Å². The van der Waals surface area contributed by atoms with Crippen molar-refractivity contribution in [3.8, 4) is 0 Å². The van der Waals surface area contributed by atoms with Gasteiger partial charge < -0.3 is 9.47 Å². The highest BCUT2D eigenvalue weighted by atomic mass is 16.5. The molecule has 2 nitrogen and oxygen atoms in total. The van der Waals surface area contributed by atoms with Gasteiger partial charge in [-0.15, -0.1) is 0 Å². The van der Waals surface area contributed by atoms with Gasteiger partial charge in [0.15, 0.2) is 0 Å².